The Bertz CT molecular complexity index is 1570. The third kappa shape index (κ3) is 5.37. The quantitative estimate of drug-likeness (QED) is 0.249. The zero-order valence-electron chi connectivity index (χ0n) is 24.3. The van der Waals surface area contributed by atoms with Gasteiger partial charge in [-0.05, 0) is 86.2 Å². The average molecular weight is 569 g/mol. The average Bonchev–Trinajstić information content (AvgIpc) is 3.48. The molecule has 0 aliphatic carbocycles. The highest BCUT2D eigenvalue weighted by molar-refractivity contribution is 7.80. The number of carbonyl (C=O) groups excluding carboxylic acids is 1. The van der Waals surface area contributed by atoms with Crippen LogP contribution in [0.5, 0.6) is 5.75 Å². The van der Waals surface area contributed by atoms with Crippen molar-refractivity contribution < 1.29 is 9.53 Å². The van der Waals surface area contributed by atoms with E-state index in [1.54, 1.807) is 7.11 Å². The highest BCUT2D eigenvalue weighted by Crippen LogP contribution is 2.45. The summed E-state index contributed by atoms with van der Waals surface area (Å²) < 4.78 is 7.97. The number of hydrogen-bond donors (Lipinski definition) is 2. The summed E-state index contributed by atoms with van der Waals surface area (Å²) in [6.07, 6.45) is 2.19. The fourth-order valence-corrected chi connectivity index (χ4v) is 5.85. The monoisotopic (exact) mass is 568 g/mol. The van der Waals surface area contributed by atoms with Gasteiger partial charge in [0.05, 0.1) is 30.6 Å². The summed E-state index contributed by atoms with van der Waals surface area (Å²) in [7, 11) is 5.69. The van der Waals surface area contributed by atoms with Crippen LogP contribution >= 0.6 is 12.2 Å². The number of pyridine rings is 1. The third-order valence-corrected chi connectivity index (χ3v) is 7.88. The molecule has 1 amide bonds. The summed E-state index contributed by atoms with van der Waals surface area (Å²) in [6.45, 7) is 6.10. The zero-order chi connectivity index (χ0) is 29.3. The summed E-state index contributed by atoms with van der Waals surface area (Å²) in [5.74, 6) is 0.493. The summed E-state index contributed by atoms with van der Waals surface area (Å²) in [5, 5.41) is 7.06. The van der Waals surface area contributed by atoms with Crippen LogP contribution < -0.4 is 25.2 Å². The number of methoxy groups -OCH3 is 1. The molecule has 0 radical (unpaired) electrons. The van der Waals surface area contributed by atoms with Gasteiger partial charge in [-0.15, -0.1) is 0 Å². The molecular weight excluding hydrogens is 532 g/mol. The molecule has 3 heterocycles. The Morgan fingerprint density at radius 3 is 2.44 bits per heavy atom. The number of aromatic nitrogens is 2. The largest absolute Gasteiger partial charge is 0.494 e. The molecule has 2 aromatic carbocycles. The molecule has 9 heteroatoms. The van der Waals surface area contributed by atoms with Gasteiger partial charge in [-0.3, -0.25) is 9.78 Å². The van der Waals surface area contributed by atoms with Crippen molar-refractivity contribution in [3.05, 3.63) is 95.6 Å². The normalized spacial score (nSPS) is 16.4. The molecule has 41 heavy (non-hydrogen) atoms. The van der Waals surface area contributed by atoms with Gasteiger partial charge in [-0.1, -0.05) is 13.0 Å². The van der Waals surface area contributed by atoms with Crippen LogP contribution in [0.25, 0.3) is 5.69 Å². The summed E-state index contributed by atoms with van der Waals surface area (Å²) in [5.41, 5.74) is 8.03. The van der Waals surface area contributed by atoms with Crippen LogP contribution in [0, 0.1) is 13.8 Å². The predicted molar refractivity (Wildman–Crippen MR) is 169 cm³/mol. The van der Waals surface area contributed by atoms with E-state index in [1.807, 2.05) is 63.6 Å². The number of nitrogens with one attached hydrogen (secondary N) is 2. The fourth-order valence-electron chi connectivity index (χ4n) is 5.50. The first-order valence-corrected chi connectivity index (χ1v) is 14.1. The van der Waals surface area contributed by atoms with E-state index >= 15 is 0 Å². The van der Waals surface area contributed by atoms with Crippen molar-refractivity contribution in [1.29, 1.82) is 0 Å². The Kier molecular flexibility index (Phi) is 7.99. The molecule has 1 saturated heterocycles. The third-order valence-electron chi connectivity index (χ3n) is 7.57. The molecule has 2 N–H and O–H groups in total. The molecule has 8 nitrogen and oxygen atoms in total. The first-order chi connectivity index (χ1) is 19.7. The van der Waals surface area contributed by atoms with Crippen LogP contribution in [-0.4, -0.2) is 41.8 Å². The van der Waals surface area contributed by atoms with Gasteiger partial charge in [0.15, 0.2) is 5.11 Å². The minimum absolute atomic E-state index is 0.0754. The lowest BCUT2D eigenvalue weighted by Crippen LogP contribution is -2.29. The topological polar surface area (TPSA) is 74.7 Å². The Balaban J connectivity index is 1.62. The van der Waals surface area contributed by atoms with Gasteiger partial charge in [-0.2, -0.15) is 0 Å². The molecule has 1 aliphatic heterocycles. The molecule has 1 fully saturated rings. The number of carbonyl (C=O) groups is 1. The predicted octanol–water partition coefficient (Wildman–Crippen LogP) is 6.09. The maximum atomic E-state index is 12.1. The van der Waals surface area contributed by atoms with Crippen molar-refractivity contribution in [2.45, 2.75) is 39.3 Å². The van der Waals surface area contributed by atoms with E-state index in [9.17, 15) is 4.79 Å². The maximum absolute atomic E-state index is 12.1. The standard InChI is InChI=1S/C32H36N6O2S/c1-7-29(39)34-26-16-15-24(19-28(26)40-6)38-31(30(35-32(38)41)27-10-8-9-17-33-27)25-18-20(2)37(21(25)3)23-13-11-22(12-14-23)36(4)5/h8-19,30-31H,7H2,1-6H3,(H,34,39)(H,35,41)/t30-,31-/m0/s1. The van der Waals surface area contributed by atoms with Crippen LogP contribution in [-0.2, 0) is 4.79 Å². The Labute approximate surface area is 247 Å². The number of thiocarbonyl (C=S) groups is 1. The van der Waals surface area contributed by atoms with Crippen molar-refractivity contribution in [1.82, 2.24) is 14.9 Å². The van der Waals surface area contributed by atoms with Gasteiger partial charge < -0.3 is 29.7 Å². The smallest absolute Gasteiger partial charge is 0.224 e. The van der Waals surface area contributed by atoms with Gasteiger partial charge >= 0.3 is 0 Å². The van der Waals surface area contributed by atoms with Crippen molar-refractivity contribution in [2.75, 3.05) is 36.3 Å². The number of aryl methyl sites for hydroxylation is 1. The van der Waals surface area contributed by atoms with E-state index in [-0.39, 0.29) is 18.0 Å². The first kappa shape index (κ1) is 28.2. The second-order valence-electron chi connectivity index (χ2n) is 10.4. The van der Waals surface area contributed by atoms with Crippen LogP contribution in [0.4, 0.5) is 17.1 Å². The van der Waals surface area contributed by atoms with Crippen molar-refractivity contribution >= 4 is 40.3 Å². The van der Waals surface area contributed by atoms with E-state index < -0.39 is 0 Å². The Morgan fingerprint density at radius 1 is 1.07 bits per heavy atom. The van der Waals surface area contributed by atoms with E-state index in [1.165, 1.54) is 0 Å². The van der Waals surface area contributed by atoms with Gasteiger partial charge in [-0.25, -0.2) is 0 Å². The first-order valence-electron chi connectivity index (χ1n) is 13.7. The Hall–Kier alpha value is -4.37. The van der Waals surface area contributed by atoms with Crippen LogP contribution in [0.1, 0.15) is 48.1 Å². The molecule has 2 atom stereocenters. The number of hydrogen-bond acceptors (Lipinski definition) is 5. The molecule has 2 aromatic heterocycles. The van der Waals surface area contributed by atoms with E-state index in [4.69, 9.17) is 21.9 Å². The lowest BCUT2D eigenvalue weighted by molar-refractivity contribution is -0.115. The number of ether oxygens (including phenoxy) is 1. The molecule has 0 unspecified atom stereocenters. The summed E-state index contributed by atoms with van der Waals surface area (Å²) in [4.78, 5) is 21.0. The second kappa shape index (κ2) is 11.6. The van der Waals surface area contributed by atoms with E-state index in [0.29, 0.717) is 23.0 Å². The number of rotatable bonds is 8. The second-order valence-corrected chi connectivity index (χ2v) is 10.7. The SMILES string of the molecule is CCC(=O)Nc1ccc(N2C(=S)N[C@@H](c3ccccn3)[C@@H]2c2cc(C)n(-c3ccc(N(C)C)cc3)c2C)cc1OC. The highest BCUT2D eigenvalue weighted by atomic mass is 32.1. The fraction of sp³-hybridized carbons (Fsp3) is 0.281. The molecule has 1 aliphatic rings. The van der Waals surface area contributed by atoms with Crippen molar-refractivity contribution in [3.8, 4) is 11.4 Å². The number of benzene rings is 2. The van der Waals surface area contributed by atoms with Gasteiger partial charge in [0.2, 0.25) is 5.91 Å². The van der Waals surface area contributed by atoms with Crippen LogP contribution in [0.15, 0.2) is 72.9 Å². The molecule has 0 spiro atoms. The van der Waals surface area contributed by atoms with Crippen molar-refractivity contribution in [2.24, 2.45) is 0 Å². The lowest BCUT2D eigenvalue weighted by Gasteiger charge is -2.29. The highest BCUT2D eigenvalue weighted by Gasteiger charge is 2.42. The lowest BCUT2D eigenvalue weighted by atomic mass is 9.96. The number of amides is 1. The molecule has 0 bridgehead atoms. The van der Waals surface area contributed by atoms with Crippen LogP contribution in [0.2, 0.25) is 0 Å². The molecular formula is C32H36N6O2S. The van der Waals surface area contributed by atoms with Gasteiger partial charge in [0.25, 0.3) is 0 Å². The van der Waals surface area contributed by atoms with Gasteiger partial charge in [0.1, 0.15) is 5.75 Å². The molecule has 0 saturated carbocycles. The molecule has 5 rings (SSSR count). The number of anilines is 3. The maximum Gasteiger partial charge on any atom is 0.224 e. The summed E-state index contributed by atoms with van der Waals surface area (Å²) in [6, 6.07) is 22.1. The number of nitrogens with zero attached hydrogens (tertiary/aromatic N) is 4. The Morgan fingerprint density at radius 2 is 1.80 bits per heavy atom. The summed E-state index contributed by atoms with van der Waals surface area (Å²) >= 11 is 5.96. The molecule has 212 valence electrons. The minimum atomic E-state index is -0.181. The van der Waals surface area contributed by atoms with Crippen molar-refractivity contribution in [3.63, 3.8) is 0 Å². The molecule has 4 aromatic rings. The van der Waals surface area contributed by atoms with Crippen LogP contribution in [0.3, 0.4) is 0 Å². The van der Waals surface area contributed by atoms with Gasteiger partial charge in [0, 0.05) is 61.2 Å². The zero-order valence-corrected chi connectivity index (χ0v) is 25.1. The van der Waals surface area contributed by atoms with E-state index in [0.717, 1.165) is 39.7 Å². The minimum Gasteiger partial charge on any atom is -0.494 e. The van der Waals surface area contributed by atoms with E-state index in [2.05, 4.69) is 69.2 Å².